The minimum absolute atomic E-state index is 0.126. The Labute approximate surface area is 193 Å². The van der Waals surface area contributed by atoms with Crippen LogP contribution >= 0.6 is 0 Å². The summed E-state index contributed by atoms with van der Waals surface area (Å²) >= 11 is 0. The maximum absolute atomic E-state index is 13.3. The van der Waals surface area contributed by atoms with Crippen molar-refractivity contribution in [1.29, 1.82) is 0 Å². The summed E-state index contributed by atoms with van der Waals surface area (Å²) in [5, 5.41) is 2.87. The average molecular weight is 439 g/mol. The summed E-state index contributed by atoms with van der Waals surface area (Å²) in [5.41, 5.74) is 3.93. The van der Waals surface area contributed by atoms with Crippen molar-refractivity contribution in [2.75, 3.05) is 10.2 Å². The minimum Gasteiger partial charge on any atom is -0.322 e. The first-order valence-corrected chi connectivity index (χ1v) is 11.4. The van der Waals surface area contributed by atoms with Gasteiger partial charge in [0.15, 0.2) is 0 Å². The molecule has 33 heavy (non-hydrogen) atoms. The maximum atomic E-state index is 13.3. The SMILES string of the molecule is Cc1ccc(C(=O)Nc2cccc(N3C(=O)[C@@H]4CC[C@H](c5ccccc5)C[C@H]4C3=O)c2)cc1. The predicted molar refractivity (Wildman–Crippen MR) is 128 cm³/mol. The number of nitrogens with zero attached hydrogens (tertiary/aromatic N) is 1. The molecule has 166 valence electrons. The molecule has 5 heteroatoms. The van der Waals surface area contributed by atoms with Crippen LogP contribution in [0.2, 0.25) is 0 Å². The van der Waals surface area contributed by atoms with E-state index in [0.29, 0.717) is 29.3 Å². The quantitative estimate of drug-likeness (QED) is 0.561. The Kier molecular flexibility index (Phi) is 5.55. The molecule has 0 aromatic heterocycles. The number of hydrogen-bond donors (Lipinski definition) is 1. The number of anilines is 2. The van der Waals surface area contributed by atoms with Crippen LogP contribution in [0.1, 0.15) is 46.7 Å². The van der Waals surface area contributed by atoms with Crippen LogP contribution in [-0.4, -0.2) is 17.7 Å². The number of imide groups is 1. The third kappa shape index (κ3) is 4.07. The second-order valence-corrected chi connectivity index (χ2v) is 9.02. The highest BCUT2D eigenvalue weighted by Crippen LogP contribution is 2.45. The third-order valence-electron chi connectivity index (χ3n) is 6.87. The van der Waals surface area contributed by atoms with Crippen molar-refractivity contribution < 1.29 is 14.4 Å². The number of aryl methyl sites for hydroxylation is 1. The van der Waals surface area contributed by atoms with E-state index in [1.54, 1.807) is 36.4 Å². The lowest BCUT2D eigenvalue weighted by Crippen LogP contribution is -2.31. The molecule has 1 aliphatic carbocycles. The van der Waals surface area contributed by atoms with Gasteiger partial charge in [-0.25, -0.2) is 4.90 Å². The van der Waals surface area contributed by atoms with Gasteiger partial charge in [0.25, 0.3) is 5.91 Å². The van der Waals surface area contributed by atoms with Gasteiger partial charge in [-0.1, -0.05) is 54.1 Å². The van der Waals surface area contributed by atoms with Crippen LogP contribution in [0.3, 0.4) is 0 Å². The smallest absolute Gasteiger partial charge is 0.255 e. The van der Waals surface area contributed by atoms with Crippen molar-refractivity contribution in [2.24, 2.45) is 11.8 Å². The van der Waals surface area contributed by atoms with Gasteiger partial charge in [0.2, 0.25) is 11.8 Å². The number of amides is 3. The zero-order valence-corrected chi connectivity index (χ0v) is 18.5. The van der Waals surface area contributed by atoms with Crippen molar-refractivity contribution in [2.45, 2.75) is 32.1 Å². The molecule has 1 saturated heterocycles. The van der Waals surface area contributed by atoms with Crippen LogP contribution in [0, 0.1) is 18.8 Å². The molecular formula is C28H26N2O3. The highest BCUT2D eigenvalue weighted by Gasteiger charge is 2.50. The van der Waals surface area contributed by atoms with Gasteiger partial charge in [0.05, 0.1) is 17.5 Å². The molecule has 3 aromatic rings. The van der Waals surface area contributed by atoms with Gasteiger partial charge >= 0.3 is 0 Å². The zero-order valence-electron chi connectivity index (χ0n) is 18.5. The van der Waals surface area contributed by atoms with E-state index in [2.05, 4.69) is 17.4 Å². The molecule has 5 nitrogen and oxygen atoms in total. The molecular weight excluding hydrogens is 412 g/mol. The highest BCUT2D eigenvalue weighted by molar-refractivity contribution is 6.22. The topological polar surface area (TPSA) is 66.5 Å². The van der Waals surface area contributed by atoms with Crippen LogP contribution in [0.5, 0.6) is 0 Å². The third-order valence-corrected chi connectivity index (χ3v) is 6.87. The monoisotopic (exact) mass is 438 g/mol. The standard InChI is InChI=1S/C28H26N2O3/c1-18-10-12-20(13-11-18)26(31)29-22-8-5-9-23(17-22)30-27(32)24-15-14-21(16-25(24)28(30)33)19-6-3-2-4-7-19/h2-13,17,21,24-25H,14-16H2,1H3,(H,29,31)/t21-,24+,25+/m0/s1. The number of hydrogen-bond acceptors (Lipinski definition) is 3. The number of fused-ring (bicyclic) bond motifs is 1. The molecule has 1 N–H and O–H groups in total. The van der Waals surface area contributed by atoms with Crippen molar-refractivity contribution in [3.05, 3.63) is 95.6 Å². The summed E-state index contributed by atoms with van der Waals surface area (Å²) in [7, 11) is 0. The van der Waals surface area contributed by atoms with Crippen molar-refractivity contribution in [1.82, 2.24) is 0 Å². The Bertz CT molecular complexity index is 1200. The summed E-state index contributed by atoms with van der Waals surface area (Å²) < 4.78 is 0. The lowest BCUT2D eigenvalue weighted by molar-refractivity contribution is -0.122. The minimum atomic E-state index is -0.290. The van der Waals surface area contributed by atoms with Gasteiger partial charge in [-0.3, -0.25) is 14.4 Å². The second kappa shape index (κ2) is 8.66. The van der Waals surface area contributed by atoms with E-state index in [0.717, 1.165) is 18.4 Å². The van der Waals surface area contributed by atoms with E-state index in [-0.39, 0.29) is 29.6 Å². The first kappa shape index (κ1) is 21.1. The van der Waals surface area contributed by atoms with Crippen molar-refractivity contribution in [3.8, 4) is 0 Å². The van der Waals surface area contributed by atoms with E-state index in [1.165, 1.54) is 10.5 Å². The Morgan fingerprint density at radius 2 is 1.58 bits per heavy atom. The second-order valence-electron chi connectivity index (χ2n) is 9.02. The average Bonchev–Trinajstić information content (AvgIpc) is 3.09. The van der Waals surface area contributed by atoms with Crippen molar-refractivity contribution >= 4 is 29.1 Å². The van der Waals surface area contributed by atoms with Crippen molar-refractivity contribution in [3.63, 3.8) is 0 Å². The lowest BCUT2D eigenvalue weighted by atomic mass is 9.73. The Morgan fingerprint density at radius 1 is 0.848 bits per heavy atom. The summed E-state index contributed by atoms with van der Waals surface area (Å²) in [6.45, 7) is 1.97. The van der Waals surface area contributed by atoms with Crippen LogP contribution < -0.4 is 10.2 Å². The molecule has 1 saturated carbocycles. The molecule has 0 bridgehead atoms. The van der Waals surface area contributed by atoms with E-state index >= 15 is 0 Å². The van der Waals surface area contributed by atoms with E-state index in [1.807, 2.05) is 37.3 Å². The van der Waals surface area contributed by atoms with Crippen LogP contribution in [-0.2, 0) is 9.59 Å². The van der Waals surface area contributed by atoms with Crippen LogP contribution in [0.15, 0.2) is 78.9 Å². The predicted octanol–water partition coefficient (Wildman–Crippen LogP) is 5.32. The van der Waals surface area contributed by atoms with Gasteiger partial charge < -0.3 is 5.32 Å². The maximum Gasteiger partial charge on any atom is 0.255 e. The van der Waals surface area contributed by atoms with Crippen LogP contribution in [0.25, 0.3) is 0 Å². The van der Waals surface area contributed by atoms with E-state index in [4.69, 9.17) is 0 Å². The fourth-order valence-corrected chi connectivity index (χ4v) is 5.09. The Hall–Kier alpha value is -3.73. The molecule has 0 unspecified atom stereocenters. The lowest BCUT2D eigenvalue weighted by Gasteiger charge is -2.28. The molecule has 3 amide bonds. The van der Waals surface area contributed by atoms with Gasteiger partial charge in [-0.2, -0.15) is 0 Å². The van der Waals surface area contributed by atoms with Gasteiger partial charge in [0.1, 0.15) is 0 Å². The Balaban J connectivity index is 1.34. The number of carbonyl (C=O) groups excluding carboxylic acids is 3. The molecule has 3 aromatic carbocycles. The first-order valence-electron chi connectivity index (χ1n) is 11.4. The van der Waals surface area contributed by atoms with E-state index in [9.17, 15) is 14.4 Å². The molecule has 0 spiro atoms. The van der Waals surface area contributed by atoms with Gasteiger partial charge in [-0.05, 0) is 68.0 Å². The molecule has 3 atom stereocenters. The molecule has 2 fully saturated rings. The van der Waals surface area contributed by atoms with Crippen LogP contribution in [0.4, 0.5) is 11.4 Å². The number of carbonyl (C=O) groups is 3. The molecule has 2 aliphatic rings. The van der Waals surface area contributed by atoms with Gasteiger partial charge in [0, 0.05) is 11.3 Å². The number of benzene rings is 3. The molecule has 1 heterocycles. The highest BCUT2D eigenvalue weighted by atomic mass is 16.2. The number of rotatable bonds is 4. The summed E-state index contributed by atoms with van der Waals surface area (Å²) in [6, 6.07) is 24.5. The number of nitrogens with one attached hydrogen (secondary N) is 1. The summed E-state index contributed by atoms with van der Waals surface area (Å²) in [6.07, 6.45) is 2.32. The summed E-state index contributed by atoms with van der Waals surface area (Å²) in [4.78, 5) is 40.5. The fourth-order valence-electron chi connectivity index (χ4n) is 5.09. The largest absolute Gasteiger partial charge is 0.322 e. The molecule has 5 rings (SSSR count). The van der Waals surface area contributed by atoms with E-state index < -0.39 is 0 Å². The molecule has 0 radical (unpaired) electrons. The van der Waals surface area contributed by atoms with Gasteiger partial charge in [-0.15, -0.1) is 0 Å². The Morgan fingerprint density at radius 3 is 2.33 bits per heavy atom. The summed E-state index contributed by atoms with van der Waals surface area (Å²) in [5.74, 6) is -0.744. The zero-order chi connectivity index (χ0) is 22.9. The first-order chi connectivity index (χ1) is 16.0. The fraction of sp³-hybridized carbons (Fsp3) is 0.250. The normalized spacial score (nSPS) is 22.2. The molecule has 1 aliphatic heterocycles.